The first-order valence-electron chi connectivity index (χ1n) is 10.9. The summed E-state index contributed by atoms with van der Waals surface area (Å²) in [6, 6.07) is 0. The van der Waals surface area contributed by atoms with Crippen LogP contribution in [0, 0.1) is 22.7 Å². The van der Waals surface area contributed by atoms with Gasteiger partial charge in [-0.25, -0.2) is 4.79 Å². The minimum absolute atomic E-state index is 0.00926. The van der Waals surface area contributed by atoms with E-state index in [4.69, 9.17) is 19.3 Å². The van der Waals surface area contributed by atoms with Crippen LogP contribution in [-0.4, -0.2) is 49.7 Å². The lowest BCUT2D eigenvalue weighted by Gasteiger charge is -2.43. The van der Waals surface area contributed by atoms with Gasteiger partial charge in [-0.1, -0.05) is 62.0 Å². The van der Waals surface area contributed by atoms with Crippen LogP contribution in [0.2, 0.25) is 0 Å². The Morgan fingerprint density at radius 2 is 1.48 bits per heavy atom. The van der Waals surface area contributed by atoms with Gasteiger partial charge in [-0.3, -0.25) is 0 Å². The lowest BCUT2D eigenvalue weighted by Crippen LogP contribution is -2.42. The molecule has 5 nitrogen and oxygen atoms in total. The Labute approximate surface area is 179 Å². The molecule has 0 aliphatic heterocycles. The number of hydrogen-bond acceptors (Lipinski definition) is 5. The van der Waals surface area contributed by atoms with E-state index < -0.39 is 0 Å². The van der Waals surface area contributed by atoms with E-state index in [9.17, 15) is 4.79 Å². The third-order valence-electron chi connectivity index (χ3n) is 5.71. The molecule has 0 rings (SSSR count). The maximum absolute atomic E-state index is 11.6. The van der Waals surface area contributed by atoms with Gasteiger partial charge in [-0.15, -0.1) is 0 Å². The topological polar surface area (TPSA) is 65.0 Å². The number of hydrogen-bond donors (Lipinski definition) is 1. The van der Waals surface area contributed by atoms with E-state index in [1.54, 1.807) is 6.92 Å². The molecule has 0 aromatic rings. The Balaban J connectivity index is 5.11. The number of rotatable bonds is 14. The average Bonchev–Trinajstić information content (AvgIpc) is 2.58. The van der Waals surface area contributed by atoms with E-state index in [2.05, 4.69) is 62.0 Å². The van der Waals surface area contributed by atoms with E-state index in [-0.39, 0.29) is 42.2 Å². The number of aliphatic hydroxyl groups excluding tert-OH is 1. The zero-order valence-electron chi connectivity index (χ0n) is 20.3. The van der Waals surface area contributed by atoms with Gasteiger partial charge in [-0.2, -0.15) is 0 Å². The highest BCUT2D eigenvalue weighted by molar-refractivity contribution is 5.86. The third kappa shape index (κ3) is 10.6. The second-order valence-corrected chi connectivity index (χ2v) is 10.3. The molecule has 0 aromatic heterocycles. The summed E-state index contributed by atoms with van der Waals surface area (Å²) in [6.45, 7) is 23.9. The fourth-order valence-corrected chi connectivity index (χ4v) is 3.27. The Morgan fingerprint density at radius 3 is 1.93 bits per heavy atom. The largest absolute Gasteiger partial charge is 0.460 e. The van der Waals surface area contributed by atoms with Crippen LogP contribution in [0.4, 0.5) is 0 Å². The molecule has 0 saturated heterocycles. The van der Waals surface area contributed by atoms with Crippen LogP contribution in [0.1, 0.15) is 75.2 Å². The van der Waals surface area contributed by atoms with Crippen molar-refractivity contribution in [3.8, 4) is 0 Å². The van der Waals surface area contributed by atoms with Crippen molar-refractivity contribution in [2.45, 2.75) is 87.4 Å². The molecule has 3 atom stereocenters. The van der Waals surface area contributed by atoms with Gasteiger partial charge in [0.15, 0.2) is 0 Å². The summed E-state index contributed by atoms with van der Waals surface area (Å²) in [7, 11) is 0. The van der Waals surface area contributed by atoms with Crippen LogP contribution in [0.5, 0.6) is 0 Å². The summed E-state index contributed by atoms with van der Waals surface area (Å²) in [5.74, 6) is 0.455. The molecule has 0 saturated carbocycles. The smallest absolute Gasteiger partial charge is 0.333 e. The second-order valence-electron chi connectivity index (χ2n) is 10.3. The van der Waals surface area contributed by atoms with Gasteiger partial charge in [0.05, 0.1) is 32.0 Å². The molecule has 0 heterocycles. The van der Waals surface area contributed by atoms with Crippen LogP contribution < -0.4 is 0 Å². The predicted octanol–water partition coefficient (Wildman–Crippen LogP) is 5.01. The number of aliphatic hydroxyl groups is 1. The molecule has 3 unspecified atom stereocenters. The van der Waals surface area contributed by atoms with Crippen LogP contribution in [-0.2, 0) is 19.0 Å². The highest BCUT2D eigenvalue weighted by Crippen LogP contribution is 2.40. The lowest BCUT2D eigenvalue weighted by molar-refractivity contribution is -0.143. The molecule has 0 aliphatic carbocycles. The van der Waals surface area contributed by atoms with Crippen molar-refractivity contribution in [1.29, 1.82) is 0 Å². The summed E-state index contributed by atoms with van der Waals surface area (Å²) in [6.07, 6.45) is 1.92. The van der Waals surface area contributed by atoms with Crippen LogP contribution >= 0.6 is 0 Å². The first-order valence-corrected chi connectivity index (χ1v) is 10.9. The molecule has 0 radical (unpaired) electrons. The van der Waals surface area contributed by atoms with E-state index in [1.165, 1.54) is 0 Å². The Hall–Kier alpha value is -0.910. The Morgan fingerprint density at radius 1 is 0.931 bits per heavy atom. The second kappa shape index (κ2) is 12.7. The molecule has 5 heteroatoms. The number of carbonyl (C=O) groups is 1. The van der Waals surface area contributed by atoms with Crippen molar-refractivity contribution in [1.82, 2.24) is 0 Å². The van der Waals surface area contributed by atoms with E-state index in [1.807, 2.05) is 0 Å². The van der Waals surface area contributed by atoms with Gasteiger partial charge < -0.3 is 19.3 Å². The Bertz CT molecular complexity index is 490. The van der Waals surface area contributed by atoms with Gasteiger partial charge in [0.2, 0.25) is 0 Å². The molecule has 1 N–H and O–H groups in total. The quantitative estimate of drug-likeness (QED) is 0.246. The molecule has 29 heavy (non-hydrogen) atoms. The normalized spacial score (nSPS) is 15.8. The molecule has 0 amide bonds. The van der Waals surface area contributed by atoms with Crippen LogP contribution in [0.25, 0.3) is 0 Å². The van der Waals surface area contributed by atoms with Crippen molar-refractivity contribution >= 4 is 5.97 Å². The average molecular weight is 415 g/mol. The van der Waals surface area contributed by atoms with E-state index in [0.29, 0.717) is 30.6 Å². The van der Waals surface area contributed by atoms with E-state index in [0.717, 1.165) is 12.8 Å². The summed E-state index contributed by atoms with van der Waals surface area (Å²) < 4.78 is 17.4. The zero-order chi connectivity index (χ0) is 22.8. The molecule has 0 fully saturated rings. The first-order chi connectivity index (χ1) is 13.2. The summed E-state index contributed by atoms with van der Waals surface area (Å²) in [5, 5.41) is 9.17. The van der Waals surface area contributed by atoms with Crippen LogP contribution in [0.15, 0.2) is 12.2 Å². The number of carbonyl (C=O) groups excluding carboxylic acids is 1. The standard InChI is InChI=1S/C24H46O5/c1-17(2)15-21(28-13-14-29-22(26)18(3)4)24(9,10)19(5)16-20(23(6,7)8)27-12-11-25/h17,19-21,25H,3,11-16H2,1-2,4-10H3. The molecule has 0 aliphatic rings. The minimum atomic E-state index is -0.379. The number of ether oxygens (including phenoxy) is 3. The molecule has 0 bridgehead atoms. The number of esters is 1. The molecule has 172 valence electrons. The SMILES string of the molecule is C=C(C)C(=O)OCCOC(CC(C)C)C(C)(C)C(C)CC(OCCO)C(C)(C)C. The van der Waals surface area contributed by atoms with E-state index >= 15 is 0 Å². The molecular formula is C24H46O5. The highest BCUT2D eigenvalue weighted by atomic mass is 16.6. The highest BCUT2D eigenvalue weighted by Gasteiger charge is 2.39. The van der Waals surface area contributed by atoms with Crippen LogP contribution in [0.3, 0.4) is 0 Å². The summed E-state index contributed by atoms with van der Waals surface area (Å²) in [4.78, 5) is 11.6. The summed E-state index contributed by atoms with van der Waals surface area (Å²) >= 11 is 0. The van der Waals surface area contributed by atoms with Crippen molar-refractivity contribution in [2.75, 3.05) is 26.4 Å². The van der Waals surface area contributed by atoms with Crippen molar-refractivity contribution in [3.63, 3.8) is 0 Å². The Kier molecular flexibility index (Phi) is 12.3. The maximum Gasteiger partial charge on any atom is 0.333 e. The zero-order valence-corrected chi connectivity index (χ0v) is 20.3. The fourth-order valence-electron chi connectivity index (χ4n) is 3.27. The third-order valence-corrected chi connectivity index (χ3v) is 5.71. The lowest BCUT2D eigenvalue weighted by atomic mass is 9.69. The van der Waals surface area contributed by atoms with Gasteiger partial charge >= 0.3 is 5.97 Å². The molecule has 0 aromatic carbocycles. The monoisotopic (exact) mass is 414 g/mol. The van der Waals surface area contributed by atoms with Crippen molar-refractivity contribution < 1.29 is 24.1 Å². The maximum atomic E-state index is 11.6. The van der Waals surface area contributed by atoms with Gasteiger partial charge in [0.1, 0.15) is 6.61 Å². The van der Waals surface area contributed by atoms with Gasteiger partial charge in [-0.05, 0) is 42.4 Å². The van der Waals surface area contributed by atoms with Crippen molar-refractivity contribution in [2.24, 2.45) is 22.7 Å². The van der Waals surface area contributed by atoms with Gasteiger partial charge in [0, 0.05) is 5.57 Å². The van der Waals surface area contributed by atoms with Crippen molar-refractivity contribution in [3.05, 3.63) is 12.2 Å². The molecule has 0 spiro atoms. The first kappa shape index (κ1) is 28.1. The summed E-state index contributed by atoms with van der Waals surface area (Å²) in [5.41, 5.74) is 0.299. The molecular weight excluding hydrogens is 368 g/mol. The minimum Gasteiger partial charge on any atom is -0.460 e. The fraction of sp³-hybridized carbons (Fsp3) is 0.875. The van der Waals surface area contributed by atoms with Gasteiger partial charge in [0.25, 0.3) is 0 Å². The predicted molar refractivity (Wildman–Crippen MR) is 119 cm³/mol.